The van der Waals surface area contributed by atoms with E-state index in [2.05, 4.69) is 10.3 Å². The molecule has 0 fully saturated rings. The summed E-state index contributed by atoms with van der Waals surface area (Å²) in [7, 11) is 0. The highest BCUT2D eigenvalue weighted by molar-refractivity contribution is 7.09. The molecule has 0 saturated heterocycles. The van der Waals surface area contributed by atoms with E-state index in [-0.39, 0.29) is 11.6 Å². The maximum absolute atomic E-state index is 10.9. The van der Waals surface area contributed by atoms with Crippen LogP contribution in [-0.2, 0) is 0 Å². The highest BCUT2D eigenvalue weighted by Crippen LogP contribution is 2.32. The van der Waals surface area contributed by atoms with Crippen LogP contribution in [0.1, 0.15) is 17.8 Å². The molecule has 0 aliphatic carbocycles. The number of nitrogens with one attached hydrogen (secondary N) is 1. The summed E-state index contributed by atoms with van der Waals surface area (Å²) < 4.78 is 0. The fourth-order valence-corrected chi connectivity index (χ4v) is 2.60. The largest absolute Gasteiger partial charge is 0.378 e. The number of benzene rings is 1. The van der Waals surface area contributed by atoms with E-state index >= 15 is 0 Å². The monoisotopic (exact) mass is 297 g/mol. The van der Waals surface area contributed by atoms with Gasteiger partial charge in [0.25, 0.3) is 5.69 Å². The molecule has 7 heteroatoms. The third-order valence-electron chi connectivity index (χ3n) is 2.65. The number of hydrogen-bond acceptors (Lipinski definition) is 5. The molecular formula is C12H12ClN3O2S. The number of anilines is 1. The van der Waals surface area contributed by atoms with E-state index in [4.69, 9.17) is 11.6 Å². The summed E-state index contributed by atoms with van der Waals surface area (Å²) in [4.78, 5) is 14.7. The SMILES string of the molecule is CC(CNc1c(Cl)cccc1[N+](=O)[O-])c1nccs1. The number of para-hydroxylation sites is 1. The van der Waals surface area contributed by atoms with Gasteiger partial charge in [-0.2, -0.15) is 0 Å². The van der Waals surface area contributed by atoms with Crippen molar-refractivity contribution in [2.45, 2.75) is 12.8 Å². The lowest BCUT2D eigenvalue weighted by atomic mass is 10.2. The standard InChI is InChI=1S/C12H12ClN3O2S/c1-8(12-14-5-6-19-12)7-15-11-9(13)3-2-4-10(11)16(17)18/h2-6,8,15H,7H2,1H3. The van der Waals surface area contributed by atoms with Crippen molar-refractivity contribution in [3.63, 3.8) is 0 Å². The van der Waals surface area contributed by atoms with Crippen LogP contribution in [0.3, 0.4) is 0 Å². The van der Waals surface area contributed by atoms with Gasteiger partial charge in [-0.25, -0.2) is 4.98 Å². The third kappa shape index (κ3) is 3.21. The van der Waals surface area contributed by atoms with Gasteiger partial charge in [-0.3, -0.25) is 10.1 Å². The van der Waals surface area contributed by atoms with Gasteiger partial charge in [0.05, 0.1) is 15.0 Å². The zero-order valence-electron chi connectivity index (χ0n) is 10.2. The molecule has 2 rings (SSSR count). The molecule has 0 aliphatic heterocycles. The van der Waals surface area contributed by atoms with Crippen LogP contribution >= 0.6 is 22.9 Å². The molecule has 19 heavy (non-hydrogen) atoms. The summed E-state index contributed by atoms with van der Waals surface area (Å²) in [6.45, 7) is 2.55. The lowest BCUT2D eigenvalue weighted by Crippen LogP contribution is -2.11. The third-order valence-corrected chi connectivity index (χ3v) is 3.97. The van der Waals surface area contributed by atoms with Gasteiger partial charge < -0.3 is 5.32 Å². The van der Waals surface area contributed by atoms with Gasteiger partial charge in [0.15, 0.2) is 0 Å². The minimum absolute atomic E-state index is 0.0150. The van der Waals surface area contributed by atoms with Crippen molar-refractivity contribution in [1.82, 2.24) is 4.98 Å². The van der Waals surface area contributed by atoms with E-state index in [1.165, 1.54) is 6.07 Å². The van der Waals surface area contributed by atoms with E-state index in [0.29, 0.717) is 17.3 Å². The van der Waals surface area contributed by atoms with Crippen LogP contribution in [0.15, 0.2) is 29.8 Å². The Hall–Kier alpha value is -1.66. The van der Waals surface area contributed by atoms with Crippen LogP contribution in [-0.4, -0.2) is 16.5 Å². The van der Waals surface area contributed by atoms with Gasteiger partial charge in [0.2, 0.25) is 0 Å². The normalized spacial score (nSPS) is 12.1. The lowest BCUT2D eigenvalue weighted by molar-refractivity contribution is -0.383. The highest BCUT2D eigenvalue weighted by atomic mass is 35.5. The van der Waals surface area contributed by atoms with Crippen LogP contribution in [0.25, 0.3) is 0 Å². The molecule has 1 unspecified atom stereocenters. The van der Waals surface area contributed by atoms with E-state index in [0.717, 1.165) is 5.01 Å². The molecule has 100 valence electrons. The zero-order valence-corrected chi connectivity index (χ0v) is 11.7. The van der Waals surface area contributed by atoms with E-state index in [9.17, 15) is 10.1 Å². The maximum Gasteiger partial charge on any atom is 0.293 e. The van der Waals surface area contributed by atoms with Crippen molar-refractivity contribution in [1.29, 1.82) is 0 Å². The summed E-state index contributed by atoms with van der Waals surface area (Å²) in [5, 5.41) is 17.2. The Bertz CT molecular complexity index is 574. The van der Waals surface area contributed by atoms with Gasteiger partial charge in [-0.1, -0.05) is 24.6 Å². The van der Waals surface area contributed by atoms with Gasteiger partial charge in [0, 0.05) is 30.1 Å². The molecule has 5 nitrogen and oxygen atoms in total. The fraction of sp³-hybridized carbons (Fsp3) is 0.250. The first kappa shape index (κ1) is 13.8. The number of halogens is 1. The molecule has 1 N–H and O–H groups in total. The molecular weight excluding hydrogens is 286 g/mol. The highest BCUT2D eigenvalue weighted by Gasteiger charge is 2.17. The van der Waals surface area contributed by atoms with Crippen molar-refractivity contribution in [2.24, 2.45) is 0 Å². The number of aromatic nitrogens is 1. The van der Waals surface area contributed by atoms with E-state index in [1.807, 2.05) is 12.3 Å². The number of nitro benzene ring substituents is 1. The van der Waals surface area contributed by atoms with Crippen molar-refractivity contribution in [3.8, 4) is 0 Å². The summed E-state index contributed by atoms with van der Waals surface area (Å²) in [6.07, 6.45) is 1.74. The van der Waals surface area contributed by atoms with Gasteiger partial charge >= 0.3 is 0 Å². The number of thiazole rings is 1. The van der Waals surface area contributed by atoms with Crippen LogP contribution in [0.5, 0.6) is 0 Å². The van der Waals surface area contributed by atoms with E-state index in [1.54, 1.807) is 29.7 Å². The number of hydrogen-bond donors (Lipinski definition) is 1. The molecule has 1 atom stereocenters. The van der Waals surface area contributed by atoms with Crippen LogP contribution in [0.4, 0.5) is 11.4 Å². The first-order valence-electron chi connectivity index (χ1n) is 5.65. The molecule has 1 aromatic heterocycles. The number of rotatable bonds is 5. The van der Waals surface area contributed by atoms with Gasteiger partial charge in [-0.05, 0) is 6.07 Å². The summed E-state index contributed by atoms with van der Waals surface area (Å²) in [5.41, 5.74) is 0.344. The predicted octanol–water partition coefficient (Wildman–Crippen LogP) is 3.92. The summed E-state index contributed by atoms with van der Waals surface area (Å²) in [5.74, 6) is 0.163. The molecule has 0 saturated carbocycles. The summed E-state index contributed by atoms with van der Waals surface area (Å²) in [6, 6.07) is 4.63. The Kier molecular flexibility index (Phi) is 4.34. The topological polar surface area (TPSA) is 68.1 Å². The van der Waals surface area contributed by atoms with Crippen molar-refractivity contribution >= 4 is 34.3 Å². The van der Waals surface area contributed by atoms with Crippen molar-refractivity contribution in [3.05, 3.63) is 49.9 Å². The van der Waals surface area contributed by atoms with Crippen molar-refractivity contribution < 1.29 is 4.92 Å². The van der Waals surface area contributed by atoms with Crippen LogP contribution < -0.4 is 5.32 Å². The van der Waals surface area contributed by atoms with Crippen LogP contribution in [0, 0.1) is 10.1 Å². The minimum Gasteiger partial charge on any atom is -0.378 e. The van der Waals surface area contributed by atoms with Gasteiger partial charge in [-0.15, -0.1) is 11.3 Å². The van der Waals surface area contributed by atoms with E-state index < -0.39 is 4.92 Å². The quantitative estimate of drug-likeness (QED) is 0.671. The predicted molar refractivity (Wildman–Crippen MR) is 77.1 cm³/mol. The maximum atomic E-state index is 10.9. The molecule has 0 aliphatic rings. The van der Waals surface area contributed by atoms with Gasteiger partial charge in [0.1, 0.15) is 5.69 Å². The Labute approximate surface area is 119 Å². The van der Waals surface area contributed by atoms with Crippen molar-refractivity contribution in [2.75, 3.05) is 11.9 Å². The average Bonchev–Trinajstić information content (AvgIpc) is 2.90. The molecule has 0 bridgehead atoms. The Morgan fingerprint density at radius 2 is 2.37 bits per heavy atom. The Morgan fingerprint density at radius 1 is 1.58 bits per heavy atom. The summed E-state index contributed by atoms with van der Waals surface area (Å²) >= 11 is 7.56. The first-order chi connectivity index (χ1) is 9.09. The second kappa shape index (κ2) is 5.99. The lowest BCUT2D eigenvalue weighted by Gasteiger charge is -2.12. The molecule has 1 aromatic carbocycles. The molecule has 1 heterocycles. The molecule has 0 spiro atoms. The molecule has 2 aromatic rings. The molecule has 0 amide bonds. The second-order valence-corrected chi connectivity index (χ2v) is 5.38. The number of nitro groups is 1. The smallest absolute Gasteiger partial charge is 0.293 e. The first-order valence-corrected chi connectivity index (χ1v) is 6.91. The fourth-order valence-electron chi connectivity index (χ4n) is 1.66. The zero-order chi connectivity index (χ0) is 13.8. The number of nitrogens with zero attached hydrogens (tertiary/aromatic N) is 2. The second-order valence-electron chi connectivity index (χ2n) is 4.04. The van der Waals surface area contributed by atoms with Crippen LogP contribution in [0.2, 0.25) is 5.02 Å². The molecule has 0 radical (unpaired) electrons. The average molecular weight is 298 g/mol. The Balaban J connectivity index is 2.13. The minimum atomic E-state index is -0.442. The Morgan fingerprint density at radius 3 is 3.00 bits per heavy atom.